The summed E-state index contributed by atoms with van der Waals surface area (Å²) in [6, 6.07) is 0.742. The Kier molecular flexibility index (Phi) is 6.83. The molecule has 1 saturated carbocycles. The molecule has 1 aliphatic carbocycles. The van der Waals surface area contributed by atoms with E-state index in [-0.39, 0.29) is 0 Å². The highest BCUT2D eigenvalue weighted by Gasteiger charge is 2.29. The van der Waals surface area contributed by atoms with Gasteiger partial charge in [0.05, 0.1) is 0 Å². The van der Waals surface area contributed by atoms with Gasteiger partial charge in [0.2, 0.25) is 0 Å². The van der Waals surface area contributed by atoms with Crippen LogP contribution in [0.15, 0.2) is 0 Å². The monoisotopic (exact) mass is 243 g/mol. The molecule has 1 fully saturated rings. The SMILES string of the molecule is CCCSCC(NC)C1CCC(C)C(C)C1. The molecule has 2 heteroatoms. The molecular formula is C14H29NS. The lowest BCUT2D eigenvalue weighted by molar-refractivity contribution is 0.181. The molecule has 4 atom stereocenters. The Morgan fingerprint density at radius 2 is 2.00 bits per heavy atom. The van der Waals surface area contributed by atoms with Gasteiger partial charge in [-0.2, -0.15) is 11.8 Å². The molecule has 1 N–H and O–H groups in total. The molecule has 4 unspecified atom stereocenters. The lowest BCUT2D eigenvalue weighted by atomic mass is 9.73. The second kappa shape index (κ2) is 7.60. The fourth-order valence-electron chi connectivity index (χ4n) is 2.76. The van der Waals surface area contributed by atoms with E-state index < -0.39 is 0 Å². The van der Waals surface area contributed by atoms with Gasteiger partial charge in [-0.3, -0.25) is 0 Å². The minimum atomic E-state index is 0.742. The molecule has 0 heterocycles. The standard InChI is InChI=1S/C14H29NS/c1-5-8-16-10-14(15-4)13-7-6-11(2)12(3)9-13/h11-15H,5-10H2,1-4H3. The number of hydrogen-bond donors (Lipinski definition) is 1. The third-order valence-corrected chi connectivity index (χ3v) is 5.52. The minimum absolute atomic E-state index is 0.742. The molecule has 0 aromatic rings. The largest absolute Gasteiger partial charge is 0.316 e. The first-order valence-electron chi connectivity index (χ1n) is 6.94. The molecule has 1 aliphatic rings. The number of hydrogen-bond acceptors (Lipinski definition) is 2. The summed E-state index contributed by atoms with van der Waals surface area (Å²) in [6.07, 6.45) is 5.60. The Balaban J connectivity index is 2.34. The Morgan fingerprint density at radius 1 is 1.25 bits per heavy atom. The van der Waals surface area contributed by atoms with Crippen LogP contribution in [0.3, 0.4) is 0 Å². The fourth-order valence-corrected chi connectivity index (χ4v) is 3.91. The van der Waals surface area contributed by atoms with Crippen LogP contribution >= 0.6 is 11.8 Å². The molecule has 0 aliphatic heterocycles. The van der Waals surface area contributed by atoms with E-state index in [1.54, 1.807) is 0 Å². The van der Waals surface area contributed by atoms with E-state index in [0.29, 0.717) is 0 Å². The van der Waals surface area contributed by atoms with Crippen molar-refractivity contribution in [3.05, 3.63) is 0 Å². The summed E-state index contributed by atoms with van der Waals surface area (Å²) in [5.74, 6) is 5.40. The van der Waals surface area contributed by atoms with Crippen LogP contribution < -0.4 is 5.32 Å². The Bertz CT molecular complexity index is 184. The van der Waals surface area contributed by atoms with Gasteiger partial charge >= 0.3 is 0 Å². The van der Waals surface area contributed by atoms with Crippen LogP contribution in [0.25, 0.3) is 0 Å². The van der Waals surface area contributed by atoms with Crippen LogP contribution in [0.2, 0.25) is 0 Å². The third-order valence-electron chi connectivity index (χ3n) is 4.22. The quantitative estimate of drug-likeness (QED) is 0.712. The van der Waals surface area contributed by atoms with Crippen molar-refractivity contribution >= 4 is 11.8 Å². The zero-order valence-electron chi connectivity index (χ0n) is 11.5. The zero-order valence-corrected chi connectivity index (χ0v) is 12.3. The minimum Gasteiger partial charge on any atom is -0.316 e. The predicted octanol–water partition coefficient (Wildman–Crippen LogP) is 3.79. The molecule has 0 amide bonds. The molecule has 1 nitrogen and oxygen atoms in total. The van der Waals surface area contributed by atoms with Gasteiger partial charge in [-0.05, 0) is 49.8 Å². The summed E-state index contributed by atoms with van der Waals surface area (Å²) in [5, 5.41) is 3.55. The van der Waals surface area contributed by atoms with Crippen molar-refractivity contribution in [2.75, 3.05) is 18.6 Å². The molecule has 96 valence electrons. The molecule has 1 rings (SSSR count). The lowest BCUT2D eigenvalue weighted by Crippen LogP contribution is -2.39. The smallest absolute Gasteiger partial charge is 0.0183 e. The van der Waals surface area contributed by atoms with Crippen molar-refractivity contribution in [3.8, 4) is 0 Å². The maximum absolute atomic E-state index is 3.55. The fraction of sp³-hybridized carbons (Fsp3) is 1.00. The van der Waals surface area contributed by atoms with Crippen LogP contribution in [-0.4, -0.2) is 24.6 Å². The van der Waals surface area contributed by atoms with Crippen molar-refractivity contribution < 1.29 is 0 Å². The van der Waals surface area contributed by atoms with Crippen LogP contribution in [-0.2, 0) is 0 Å². The van der Waals surface area contributed by atoms with E-state index in [4.69, 9.17) is 0 Å². The number of rotatable bonds is 6. The average molecular weight is 243 g/mol. The third kappa shape index (κ3) is 4.29. The van der Waals surface area contributed by atoms with Gasteiger partial charge in [0.15, 0.2) is 0 Å². The van der Waals surface area contributed by atoms with E-state index in [1.165, 1.54) is 37.2 Å². The summed E-state index contributed by atoms with van der Waals surface area (Å²) in [7, 11) is 2.14. The number of nitrogens with one attached hydrogen (secondary N) is 1. The second-order valence-electron chi connectivity index (χ2n) is 5.50. The van der Waals surface area contributed by atoms with Gasteiger partial charge in [-0.25, -0.2) is 0 Å². The predicted molar refractivity (Wildman–Crippen MR) is 76.1 cm³/mol. The van der Waals surface area contributed by atoms with Crippen molar-refractivity contribution in [3.63, 3.8) is 0 Å². The van der Waals surface area contributed by atoms with Gasteiger partial charge < -0.3 is 5.32 Å². The second-order valence-corrected chi connectivity index (χ2v) is 6.65. The van der Waals surface area contributed by atoms with Crippen molar-refractivity contribution in [1.29, 1.82) is 0 Å². The van der Waals surface area contributed by atoms with Crippen molar-refractivity contribution in [2.24, 2.45) is 17.8 Å². The highest BCUT2D eigenvalue weighted by molar-refractivity contribution is 7.99. The topological polar surface area (TPSA) is 12.0 Å². The summed E-state index contributed by atoms with van der Waals surface area (Å²) in [4.78, 5) is 0. The van der Waals surface area contributed by atoms with Crippen LogP contribution in [0.5, 0.6) is 0 Å². The molecule has 0 saturated heterocycles. The van der Waals surface area contributed by atoms with Gasteiger partial charge in [0, 0.05) is 11.8 Å². The molecule has 0 radical (unpaired) electrons. The van der Waals surface area contributed by atoms with Gasteiger partial charge in [0.25, 0.3) is 0 Å². The van der Waals surface area contributed by atoms with Crippen molar-refractivity contribution in [1.82, 2.24) is 5.32 Å². The molecule has 0 spiro atoms. The first-order chi connectivity index (χ1) is 7.69. The summed E-state index contributed by atoms with van der Waals surface area (Å²) >= 11 is 2.12. The summed E-state index contributed by atoms with van der Waals surface area (Å²) < 4.78 is 0. The van der Waals surface area contributed by atoms with Crippen LogP contribution in [0.4, 0.5) is 0 Å². The van der Waals surface area contributed by atoms with Crippen LogP contribution in [0.1, 0.15) is 46.5 Å². The molecule has 0 aromatic heterocycles. The van der Waals surface area contributed by atoms with Gasteiger partial charge in [0.1, 0.15) is 0 Å². The zero-order chi connectivity index (χ0) is 12.0. The Labute approximate surface area is 106 Å². The van der Waals surface area contributed by atoms with E-state index in [2.05, 4.69) is 44.9 Å². The molecule has 16 heavy (non-hydrogen) atoms. The first kappa shape index (κ1) is 14.4. The molecule has 0 bridgehead atoms. The Hall–Kier alpha value is 0.310. The van der Waals surface area contributed by atoms with Crippen LogP contribution in [0, 0.1) is 17.8 Å². The van der Waals surface area contributed by atoms with E-state index in [9.17, 15) is 0 Å². The normalized spacial score (nSPS) is 32.6. The maximum Gasteiger partial charge on any atom is 0.0183 e. The maximum atomic E-state index is 3.55. The van der Waals surface area contributed by atoms with Crippen molar-refractivity contribution in [2.45, 2.75) is 52.5 Å². The summed E-state index contributed by atoms with van der Waals surface area (Å²) in [6.45, 7) is 7.12. The number of thioether (sulfide) groups is 1. The van der Waals surface area contributed by atoms with E-state index in [1.807, 2.05) is 0 Å². The summed E-state index contributed by atoms with van der Waals surface area (Å²) in [5.41, 5.74) is 0. The molecule has 0 aromatic carbocycles. The lowest BCUT2D eigenvalue weighted by Gasteiger charge is -2.36. The first-order valence-corrected chi connectivity index (χ1v) is 8.09. The Morgan fingerprint density at radius 3 is 2.56 bits per heavy atom. The highest BCUT2D eigenvalue weighted by atomic mass is 32.2. The van der Waals surface area contributed by atoms with E-state index in [0.717, 1.165) is 23.8 Å². The molecular weight excluding hydrogens is 214 g/mol. The van der Waals surface area contributed by atoms with Gasteiger partial charge in [-0.15, -0.1) is 0 Å². The highest BCUT2D eigenvalue weighted by Crippen LogP contribution is 2.35. The van der Waals surface area contributed by atoms with Gasteiger partial charge in [-0.1, -0.05) is 27.2 Å². The van der Waals surface area contributed by atoms with E-state index >= 15 is 0 Å². The average Bonchev–Trinajstić information content (AvgIpc) is 2.29.